The van der Waals surface area contributed by atoms with E-state index in [1.54, 1.807) is 0 Å². The molecule has 6 nitrogen and oxygen atoms in total. The number of ether oxygens (including phenoxy) is 2. The third-order valence-corrected chi connectivity index (χ3v) is 6.76. The molecule has 6 heteroatoms. The Morgan fingerprint density at radius 1 is 0.600 bits per heavy atom. The second-order valence-electron chi connectivity index (χ2n) is 10.5. The first-order valence-electron chi connectivity index (χ1n) is 15.9. The van der Waals surface area contributed by atoms with Crippen LogP contribution < -0.4 is 0 Å². The van der Waals surface area contributed by atoms with Crippen molar-refractivity contribution in [1.29, 1.82) is 0 Å². The van der Waals surface area contributed by atoms with Crippen LogP contribution in [0.3, 0.4) is 0 Å². The van der Waals surface area contributed by atoms with Crippen LogP contribution in [0, 0.1) is 0 Å². The predicted octanol–water partition coefficient (Wildman–Crippen LogP) is 10.0. The summed E-state index contributed by atoms with van der Waals surface area (Å²) in [5.41, 5.74) is 0.357. The van der Waals surface area contributed by atoms with E-state index in [0.29, 0.717) is 18.4 Å². The Hall–Kier alpha value is -2.37. The summed E-state index contributed by atoms with van der Waals surface area (Å²) in [5.74, 6) is -2.04. The van der Waals surface area contributed by atoms with Gasteiger partial charge in [-0.15, -0.1) is 0 Å². The first kappa shape index (κ1) is 39.8. The number of esters is 2. The maximum Gasteiger partial charge on any atom is 0.333 e. The lowest BCUT2D eigenvalue weighted by Crippen LogP contribution is -2.23. The van der Waals surface area contributed by atoms with Crippen LogP contribution in [0.2, 0.25) is 0 Å². The Morgan fingerprint density at radius 2 is 0.925 bits per heavy atom. The molecular formula is C34H60O6. The van der Waals surface area contributed by atoms with E-state index in [-0.39, 0.29) is 0 Å². The monoisotopic (exact) mass is 564 g/mol. The molecule has 0 rings (SSSR count). The van der Waals surface area contributed by atoms with Gasteiger partial charge in [-0.3, -0.25) is 0 Å². The quantitative estimate of drug-likeness (QED) is 0.0462. The number of aliphatic carboxylic acids is 1. The highest BCUT2D eigenvalue weighted by Gasteiger charge is 2.15. The fourth-order valence-electron chi connectivity index (χ4n) is 4.23. The number of rotatable bonds is 27. The van der Waals surface area contributed by atoms with E-state index in [2.05, 4.69) is 33.6 Å². The highest BCUT2D eigenvalue weighted by molar-refractivity contribution is 5.85. The van der Waals surface area contributed by atoms with Gasteiger partial charge in [0.05, 0.1) is 0 Å². The summed E-state index contributed by atoms with van der Waals surface area (Å²) in [7, 11) is 0. The zero-order valence-corrected chi connectivity index (χ0v) is 25.9. The summed E-state index contributed by atoms with van der Waals surface area (Å²) in [6.07, 6.45) is 28.2. The number of carbonyl (C=O) groups excluding carboxylic acids is 2. The molecule has 0 fully saturated rings. The third kappa shape index (κ3) is 30.2. The van der Waals surface area contributed by atoms with E-state index in [1.165, 1.54) is 96.3 Å². The topological polar surface area (TPSA) is 89.9 Å². The molecule has 0 spiro atoms. The molecule has 0 aromatic rings. The van der Waals surface area contributed by atoms with Crippen molar-refractivity contribution in [2.45, 2.75) is 161 Å². The molecule has 1 N–H and O–H groups in total. The van der Waals surface area contributed by atoms with Gasteiger partial charge in [0.2, 0.25) is 6.29 Å². The lowest BCUT2D eigenvalue weighted by atomic mass is 10.0. The molecular weight excluding hydrogens is 504 g/mol. The van der Waals surface area contributed by atoms with Crippen molar-refractivity contribution >= 4 is 17.9 Å². The molecule has 0 aliphatic heterocycles. The van der Waals surface area contributed by atoms with Crippen molar-refractivity contribution in [3.63, 3.8) is 0 Å². The van der Waals surface area contributed by atoms with Gasteiger partial charge in [-0.1, -0.05) is 149 Å². The Morgan fingerprint density at radius 3 is 1.25 bits per heavy atom. The lowest BCUT2D eigenvalue weighted by molar-refractivity contribution is -0.182. The van der Waals surface area contributed by atoms with Crippen molar-refractivity contribution in [2.24, 2.45) is 0 Å². The summed E-state index contributed by atoms with van der Waals surface area (Å²) < 4.78 is 9.74. The van der Waals surface area contributed by atoms with Crippen molar-refractivity contribution in [3.8, 4) is 0 Å². The second kappa shape index (κ2) is 31.2. The number of hydrogen-bond donors (Lipinski definition) is 1. The second-order valence-corrected chi connectivity index (χ2v) is 10.5. The molecule has 232 valence electrons. The number of hydrogen-bond acceptors (Lipinski definition) is 5. The highest BCUT2D eigenvalue weighted by Crippen LogP contribution is 2.15. The van der Waals surface area contributed by atoms with Gasteiger partial charge < -0.3 is 14.6 Å². The van der Waals surface area contributed by atoms with Crippen LogP contribution in [-0.2, 0) is 23.9 Å². The first-order chi connectivity index (χ1) is 19.3. The Balaban J connectivity index is 0. The molecule has 40 heavy (non-hydrogen) atoms. The number of carbonyl (C=O) groups is 3. The minimum absolute atomic E-state index is 0.357. The van der Waals surface area contributed by atoms with E-state index in [0.717, 1.165) is 44.3 Å². The van der Waals surface area contributed by atoms with E-state index in [1.807, 2.05) is 0 Å². The van der Waals surface area contributed by atoms with Gasteiger partial charge in [0.1, 0.15) is 0 Å². The largest absolute Gasteiger partial charge is 0.478 e. The zero-order valence-electron chi connectivity index (χ0n) is 25.9. The molecule has 0 aromatic carbocycles. The maximum atomic E-state index is 11.0. The normalized spacial score (nSPS) is 10.4. The van der Waals surface area contributed by atoms with Gasteiger partial charge in [-0.25, -0.2) is 14.4 Å². The smallest absolute Gasteiger partial charge is 0.333 e. The molecule has 0 aliphatic carbocycles. The maximum absolute atomic E-state index is 11.0. The SMILES string of the molecule is C=C(CCCCCCCCCCCCCCCCCCC)C(=O)O.C=CC(=O)OC(CCCCC)OC(=O)C=C. The van der Waals surface area contributed by atoms with E-state index in [4.69, 9.17) is 14.6 Å². The van der Waals surface area contributed by atoms with Gasteiger partial charge in [0.25, 0.3) is 0 Å². The molecule has 0 saturated carbocycles. The fraction of sp³-hybridized carbons (Fsp3) is 0.735. The van der Waals surface area contributed by atoms with Crippen LogP contribution in [0.4, 0.5) is 0 Å². The molecule has 0 aromatic heterocycles. The van der Waals surface area contributed by atoms with Crippen molar-refractivity contribution in [2.75, 3.05) is 0 Å². The lowest BCUT2D eigenvalue weighted by Gasteiger charge is -2.16. The van der Waals surface area contributed by atoms with Crippen LogP contribution in [0.15, 0.2) is 37.5 Å². The van der Waals surface area contributed by atoms with Gasteiger partial charge in [-0.2, -0.15) is 0 Å². The van der Waals surface area contributed by atoms with Crippen LogP contribution >= 0.6 is 0 Å². The Kier molecular flexibility index (Phi) is 31.0. The summed E-state index contributed by atoms with van der Waals surface area (Å²) in [6.45, 7) is 14.4. The van der Waals surface area contributed by atoms with Crippen molar-refractivity contribution in [3.05, 3.63) is 37.5 Å². The molecule has 0 bridgehead atoms. The van der Waals surface area contributed by atoms with E-state index >= 15 is 0 Å². The zero-order chi connectivity index (χ0) is 30.3. The average molecular weight is 565 g/mol. The third-order valence-electron chi connectivity index (χ3n) is 6.76. The molecule has 0 saturated heterocycles. The minimum Gasteiger partial charge on any atom is -0.478 e. The van der Waals surface area contributed by atoms with E-state index in [9.17, 15) is 14.4 Å². The van der Waals surface area contributed by atoms with Crippen LogP contribution in [0.5, 0.6) is 0 Å². The van der Waals surface area contributed by atoms with Crippen LogP contribution in [0.25, 0.3) is 0 Å². The van der Waals surface area contributed by atoms with Crippen LogP contribution in [-0.4, -0.2) is 29.3 Å². The van der Waals surface area contributed by atoms with E-state index < -0.39 is 24.2 Å². The van der Waals surface area contributed by atoms with Gasteiger partial charge in [0, 0.05) is 24.1 Å². The molecule has 0 amide bonds. The summed E-state index contributed by atoms with van der Waals surface area (Å²) in [5, 5.41) is 8.72. The summed E-state index contributed by atoms with van der Waals surface area (Å²) in [6, 6.07) is 0. The minimum atomic E-state index is -0.845. The Labute approximate surface area is 245 Å². The first-order valence-corrected chi connectivity index (χ1v) is 15.9. The fourth-order valence-corrected chi connectivity index (χ4v) is 4.23. The average Bonchev–Trinajstić information content (AvgIpc) is 2.94. The number of carboxylic acid groups (broad SMARTS) is 1. The molecule has 0 radical (unpaired) electrons. The van der Waals surface area contributed by atoms with Gasteiger partial charge >= 0.3 is 17.9 Å². The summed E-state index contributed by atoms with van der Waals surface area (Å²) >= 11 is 0. The van der Waals surface area contributed by atoms with Crippen molar-refractivity contribution in [1.82, 2.24) is 0 Å². The Bertz CT molecular complexity index is 647. The molecule has 0 heterocycles. The molecule has 0 aliphatic rings. The number of carboxylic acids is 1. The highest BCUT2D eigenvalue weighted by atomic mass is 16.7. The predicted molar refractivity (Wildman–Crippen MR) is 166 cm³/mol. The van der Waals surface area contributed by atoms with Crippen LogP contribution in [0.1, 0.15) is 155 Å². The van der Waals surface area contributed by atoms with Gasteiger partial charge in [0.15, 0.2) is 0 Å². The number of unbranched alkanes of at least 4 members (excludes halogenated alkanes) is 18. The molecule has 0 unspecified atom stereocenters. The summed E-state index contributed by atoms with van der Waals surface area (Å²) in [4.78, 5) is 32.5. The van der Waals surface area contributed by atoms with Crippen molar-refractivity contribution < 1.29 is 29.0 Å². The van der Waals surface area contributed by atoms with Gasteiger partial charge in [-0.05, 0) is 19.3 Å². The standard InChI is InChI=1S/C22H42O2.C12H18O4/c1-3-4-5-6-7-8-9-10-11-12-13-14-15-16-17-18-19-20-21(2)22(23)24;1-4-7-8-9-12(15-10(13)5-2)16-11(14)6-3/h2-20H2,1H3,(H,23,24);5-6,12H,2-4,7-9H2,1H3. The molecule has 0 atom stereocenters.